The van der Waals surface area contributed by atoms with Crippen molar-refractivity contribution in [2.75, 3.05) is 13.1 Å². The number of ether oxygens (including phenoxy) is 2. The average Bonchev–Trinajstić information content (AvgIpc) is 3.44. The molecule has 2 aromatic rings. The number of rotatable bonds is 9. The highest BCUT2D eigenvalue weighted by Crippen LogP contribution is 2.15. The lowest BCUT2D eigenvalue weighted by Crippen LogP contribution is -2.56. The Kier molecular flexibility index (Phi) is 10.5. The van der Waals surface area contributed by atoms with Gasteiger partial charge >= 0.3 is 18.3 Å². The average molecular weight is 602 g/mol. The normalized spacial score (nSPS) is 14.6. The molecular formula is C25H27N7O11. The maximum absolute atomic E-state index is 13.0. The lowest BCUT2D eigenvalue weighted by atomic mass is 10.2. The van der Waals surface area contributed by atoms with Gasteiger partial charge in [-0.1, -0.05) is 0 Å². The molecule has 4 amide bonds. The minimum absolute atomic E-state index is 0.0169. The predicted octanol–water partition coefficient (Wildman–Crippen LogP) is 2.56. The van der Waals surface area contributed by atoms with Crippen molar-refractivity contribution >= 4 is 41.5 Å². The highest BCUT2D eigenvalue weighted by Gasteiger charge is 2.35. The fourth-order valence-electron chi connectivity index (χ4n) is 3.92. The van der Waals surface area contributed by atoms with Crippen molar-refractivity contribution in [2.45, 2.75) is 38.6 Å². The molecule has 1 saturated heterocycles. The van der Waals surface area contributed by atoms with Gasteiger partial charge < -0.3 is 24.8 Å². The van der Waals surface area contributed by atoms with Gasteiger partial charge in [-0.3, -0.25) is 35.7 Å². The Balaban J connectivity index is 1.67. The molecule has 0 bridgehead atoms. The first-order valence-electron chi connectivity index (χ1n) is 12.6. The number of nitrogens with one attached hydrogen (secondary N) is 3. The number of amides is 4. The molecule has 0 spiro atoms. The summed E-state index contributed by atoms with van der Waals surface area (Å²) in [6.45, 7) is 0.733. The lowest BCUT2D eigenvalue weighted by molar-refractivity contribution is -0.385. The van der Waals surface area contributed by atoms with Gasteiger partial charge in [0.15, 0.2) is 0 Å². The van der Waals surface area contributed by atoms with Crippen LogP contribution in [-0.4, -0.2) is 80.1 Å². The summed E-state index contributed by atoms with van der Waals surface area (Å²) >= 11 is 0. The standard InChI is InChI=1S/C25H27N7O11/c1-15(21(33)27-18-10-11-29(12-18)24(35)36)30(25(37)43-14-17-4-8-20(9-5-17)32(40)41)22(26)28-23(34)42-13-16-2-6-19(7-3-16)31(38)39/h2-9,15,18H,10-14H2,1H3,(H,27,33)(H,35,36)(H2,26,28,34)/t15-,18+/m1/s1. The number of carbonyl (C=O) groups is 4. The van der Waals surface area contributed by atoms with E-state index in [2.05, 4.69) is 5.32 Å². The van der Waals surface area contributed by atoms with Crippen LogP contribution >= 0.6 is 0 Å². The van der Waals surface area contributed by atoms with E-state index in [9.17, 15) is 39.4 Å². The van der Waals surface area contributed by atoms with Crippen LogP contribution in [0.15, 0.2) is 48.5 Å². The van der Waals surface area contributed by atoms with Gasteiger partial charge in [0, 0.05) is 43.4 Å². The molecule has 0 radical (unpaired) electrons. The molecule has 228 valence electrons. The minimum Gasteiger partial charge on any atom is -0.465 e. The smallest absolute Gasteiger partial charge is 0.417 e. The summed E-state index contributed by atoms with van der Waals surface area (Å²) in [6, 6.07) is 8.25. The predicted molar refractivity (Wildman–Crippen MR) is 145 cm³/mol. The molecule has 18 heteroatoms. The summed E-state index contributed by atoms with van der Waals surface area (Å²) < 4.78 is 10.2. The van der Waals surface area contributed by atoms with E-state index in [1.54, 1.807) is 0 Å². The third kappa shape index (κ3) is 8.84. The first kappa shape index (κ1) is 31.7. The topological polar surface area (TPSA) is 248 Å². The van der Waals surface area contributed by atoms with Gasteiger partial charge in [0.05, 0.1) is 9.85 Å². The van der Waals surface area contributed by atoms with Crippen molar-refractivity contribution in [1.29, 1.82) is 5.41 Å². The molecule has 1 aliphatic heterocycles. The van der Waals surface area contributed by atoms with E-state index in [-0.39, 0.29) is 31.1 Å². The van der Waals surface area contributed by atoms with Crippen molar-refractivity contribution in [1.82, 2.24) is 20.4 Å². The number of guanidine groups is 1. The van der Waals surface area contributed by atoms with E-state index < -0.39 is 58.7 Å². The van der Waals surface area contributed by atoms with Crippen LogP contribution in [-0.2, 0) is 27.5 Å². The molecule has 2 atom stereocenters. The molecule has 1 aliphatic rings. The highest BCUT2D eigenvalue weighted by molar-refractivity contribution is 6.03. The number of likely N-dealkylation sites (tertiary alicyclic amines) is 1. The van der Waals surface area contributed by atoms with Gasteiger partial charge in [0.2, 0.25) is 11.9 Å². The summed E-state index contributed by atoms with van der Waals surface area (Å²) in [5.41, 5.74) is 0.399. The van der Waals surface area contributed by atoms with E-state index >= 15 is 0 Å². The van der Waals surface area contributed by atoms with E-state index in [1.165, 1.54) is 55.5 Å². The SMILES string of the molecule is C[C@H](C(=O)N[C@H]1CCN(C(=O)O)C1)N(C(=N)NC(=O)OCc1ccc([N+](=O)[O-])cc1)C(=O)OCc1ccc([N+](=O)[O-])cc1. The number of nitrogens with zero attached hydrogens (tertiary/aromatic N) is 4. The van der Waals surface area contributed by atoms with Crippen molar-refractivity contribution in [2.24, 2.45) is 0 Å². The fourth-order valence-corrected chi connectivity index (χ4v) is 3.92. The highest BCUT2D eigenvalue weighted by atomic mass is 16.6. The number of carboxylic acid groups (broad SMARTS) is 1. The monoisotopic (exact) mass is 601 g/mol. The van der Waals surface area contributed by atoms with Gasteiger partial charge in [0.1, 0.15) is 19.3 Å². The van der Waals surface area contributed by atoms with Crippen LogP contribution in [0.2, 0.25) is 0 Å². The molecule has 18 nitrogen and oxygen atoms in total. The summed E-state index contributed by atoms with van der Waals surface area (Å²) in [4.78, 5) is 71.7. The number of carbonyl (C=O) groups excluding carboxylic acids is 3. The minimum atomic E-state index is -1.43. The first-order valence-corrected chi connectivity index (χ1v) is 12.6. The third-order valence-electron chi connectivity index (χ3n) is 6.26. The molecular weight excluding hydrogens is 574 g/mol. The Hall–Kier alpha value is -5.81. The van der Waals surface area contributed by atoms with Crippen LogP contribution in [0.3, 0.4) is 0 Å². The van der Waals surface area contributed by atoms with Crippen molar-refractivity contribution in [3.05, 3.63) is 79.9 Å². The van der Waals surface area contributed by atoms with Gasteiger partial charge in [-0.15, -0.1) is 0 Å². The zero-order valence-corrected chi connectivity index (χ0v) is 22.6. The number of alkyl carbamates (subject to hydrolysis) is 1. The van der Waals surface area contributed by atoms with Gasteiger partial charge in [-0.05, 0) is 48.7 Å². The zero-order valence-electron chi connectivity index (χ0n) is 22.6. The Labute approximate surface area is 243 Å². The zero-order chi connectivity index (χ0) is 31.7. The number of nitro benzene ring substituents is 2. The van der Waals surface area contributed by atoms with Crippen LogP contribution in [0.25, 0.3) is 0 Å². The molecule has 1 heterocycles. The number of nitro groups is 2. The van der Waals surface area contributed by atoms with Crippen molar-refractivity contribution < 1.29 is 43.6 Å². The quantitative estimate of drug-likeness (QED) is 0.141. The van der Waals surface area contributed by atoms with E-state index in [1.807, 2.05) is 5.32 Å². The Morgan fingerprint density at radius 1 is 1.00 bits per heavy atom. The van der Waals surface area contributed by atoms with E-state index in [4.69, 9.17) is 20.0 Å². The van der Waals surface area contributed by atoms with E-state index in [0.717, 1.165) is 4.90 Å². The van der Waals surface area contributed by atoms with Gasteiger partial charge in [-0.25, -0.2) is 19.3 Å². The molecule has 0 aliphatic carbocycles. The van der Waals surface area contributed by atoms with Crippen LogP contribution in [0.5, 0.6) is 0 Å². The van der Waals surface area contributed by atoms with E-state index in [0.29, 0.717) is 22.4 Å². The molecule has 0 saturated carbocycles. The number of hydrogen-bond acceptors (Lipinski definition) is 11. The summed E-state index contributed by atoms with van der Waals surface area (Å²) in [6.07, 6.45) is -3.24. The number of benzene rings is 2. The Bertz CT molecular complexity index is 1400. The molecule has 4 N–H and O–H groups in total. The second kappa shape index (κ2) is 14.2. The molecule has 2 aromatic carbocycles. The molecule has 43 heavy (non-hydrogen) atoms. The summed E-state index contributed by atoms with van der Waals surface area (Å²) in [5.74, 6) is -1.65. The Morgan fingerprint density at radius 2 is 1.51 bits per heavy atom. The van der Waals surface area contributed by atoms with Crippen LogP contribution in [0.1, 0.15) is 24.5 Å². The molecule has 0 unspecified atom stereocenters. The second-order valence-electron chi connectivity index (χ2n) is 9.22. The number of hydrogen-bond donors (Lipinski definition) is 4. The molecule has 3 rings (SSSR count). The van der Waals surface area contributed by atoms with Crippen LogP contribution < -0.4 is 10.6 Å². The first-order chi connectivity index (χ1) is 20.3. The Morgan fingerprint density at radius 3 is 1.98 bits per heavy atom. The maximum Gasteiger partial charge on any atom is 0.417 e. The van der Waals surface area contributed by atoms with Crippen LogP contribution in [0, 0.1) is 25.6 Å². The number of non-ortho nitro benzene ring substituents is 2. The second-order valence-corrected chi connectivity index (χ2v) is 9.22. The summed E-state index contributed by atoms with van der Waals surface area (Å²) in [5, 5.41) is 43.7. The maximum atomic E-state index is 13.0. The molecule has 0 aromatic heterocycles. The lowest BCUT2D eigenvalue weighted by Gasteiger charge is -2.28. The summed E-state index contributed by atoms with van der Waals surface area (Å²) in [7, 11) is 0. The largest absolute Gasteiger partial charge is 0.465 e. The molecule has 1 fully saturated rings. The van der Waals surface area contributed by atoms with Crippen molar-refractivity contribution in [3.63, 3.8) is 0 Å². The van der Waals surface area contributed by atoms with Gasteiger partial charge in [0.25, 0.3) is 11.4 Å². The fraction of sp³-hybridized carbons (Fsp3) is 0.320. The van der Waals surface area contributed by atoms with Crippen LogP contribution in [0.4, 0.5) is 25.8 Å². The van der Waals surface area contributed by atoms with Gasteiger partial charge in [-0.2, -0.15) is 0 Å². The third-order valence-corrected chi connectivity index (χ3v) is 6.26. The van der Waals surface area contributed by atoms with Crippen molar-refractivity contribution in [3.8, 4) is 0 Å².